The van der Waals surface area contributed by atoms with E-state index in [4.69, 9.17) is 9.47 Å². The van der Waals surface area contributed by atoms with Gasteiger partial charge in [-0.15, -0.1) is 0 Å². The van der Waals surface area contributed by atoms with E-state index in [1.165, 1.54) is 0 Å². The van der Waals surface area contributed by atoms with E-state index >= 15 is 0 Å². The lowest BCUT2D eigenvalue weighted by molar-refractivity contribution is 0.102. The maximum Gasteiger partial charge on any atom is 0.275 e. The van der Waals surface area contributed by atoms with Crippen molar-refractivity contribution in [3.8, 4) is 11.5 Å². The van der Waals surface area contributed by atoms with Crippen molar-refractivity contribution in [2.24, 2.45) is 0 Å². The fourth-order valence-corrected chi connectivity index (χ4v) is 2.52. The van der Waals surface area contributed by atoms with Gasteiger partial charge in [0.05, 0.1) is 18.9 Å². The van der Waals surface area contributed by atoms with Gasteiger partial charge >= 0.3 is 0 Å². The molecule has 1 aromatic carbocycles. The number of nitrogens with one attached hydrogen (secondary N) is 1. The molecule has 0 unspecified atom stereocenters. The summed E-state index contributed by atoms with van der Waals surface area (Å²) < 4.78 is 12.9. The maximum absolute atomic E-state index is 12.6. The number of aryl methyl sites for hydroxylation is 1. The first kappa shape index (κ1) is 16.8. The number of amides is 1. The molecular formula is C19H21N3O3. The second kappa shape index (κ2) is 7.25. The average Bonchev–Trinajstić information content (AvgIpc) is 3.01. The van der Waals surface area contributed by atoms with Gasteiger partial charge in [0.15, 0.2) is 0 Å². The Morgan fingerprint density at radius 1 is 1.16 bits per heavy atom. The molecule has 3 rings (SSSR count). The molecule has 1 N–H and O–H groups in total. The minimum atomic E-state index is -0.295. The summed E-state index contributed by atoms with van der Waals surface area (Å²) in [5, 5.41) is 2.87. The first-order chi connectivity index (χ1) is 12.1. The van der Waals surface area contributed by atoms with E-state index in [9.17, 15) is 4.79 Å². The van der Waals surface area contributed by atoms with E-state index in [1.807, 2.05) is 49.6 Å². The van der Waals surface area contributed by atoms with Crippen LogP contribution in [0.1, 0.15) is 29.9 Å². The van der Waals surface area contributed by atoms with Crippen molar-refractivity contribution in [2.45, 2.75) is 20.8 Å². The molecule has 0 aliphatic heterocycles. The van der Waals surface area contributed by atoms with Crippen LogP contribution in [-0.2, 0) is 0 Å². The van der Waals surface area contributed by atoms with Crippen molar-refractivity contribution in [1.82, 2.24) is 9.38 Å². The number of ether oxygens (including phenoxy) is 2. The van der Waals surface area contributed by atoms with Crippen molar-refractivity contribution in [3.63, 3.8) is 0 Å². The minimum Gasteiger partial charge on any atom is -0.494 e. The van der Waals surface area contributed by atoms with Crippen LogP contribution in [-0.4, -0.2) is 28.5 Å². The number of hydrogen-bond donors (Lipinski definition) is 1. The first-order valence-corrected chi connectivity index (χ1v) is 8.27. The molecule has 0 aliphatic rings. The van der Waals surface area contributed by atoms with Crippen molar-refractivity contribution in [3.05, 3.63) is 54.0 Å². The standard InChI is InChI=1S/C19H21N3O3/c1-4-24-14-6-7-17(25-5-2)15(11-14)21-19(23)16-12-22-9-8-13(3)10-18(22)20-16/h6-12H,4-5H2,1-3H3,(H,21,23). The third-order valence-electron chi connectivity index (χ3n) is 3.66. The van der Waals surface area contributed by atoms with Crippen molar-refractivity contribution < 1.29 is 14.3 Å². The molecule has 0 aliphatic carbocycles. The van der Waals surface area contributed by atoms with E-state index in [2.05, 4.69) is 10.3 Å². The Labute approximate surface area is 146 Å². The Hall–Kier alpha value is -3.02. The molecule has 2 heterocycles. The number of aromatic nitrogens is 2. The van der Waals surface area contributed by atoms with Gasteiger partial charge in [0.2, 0.25) is 0 Å². The summed E-state index contributed by atoms with van der Waals surface area (Å²) in [5.41, 5.74) is 2.73. The maximum atomic E-state index is 12.6. The van der Waals surface area contributed by atoms with E-state index < -0.39 is 0 Å². The van der Waals surface area contributed by atoms with Gasteiger partial charge in [-0.3, -0.25) is 4.79 Å². The van der Waals surface area contributed by atoms with Crippen molar-refractivity contribution in [2.75, 3.05) is 18.5 Å². The fraction of sp³-hybridized carbons (Fsp3) is 0.263. The lowest BCUT2D eigenvalue weighted by Crippen LogP contribution is -2.13. The third-order valence-corrected chi connectivity index (χ3v) is 3.66. The van der Waals surface area contributed by atoms with Crippen molar-refractivity contribution >= 4 is 17.2 Å². The highest BCUT2D eigenvalue weighted by Gasteiger charge is 2.14. The average molecular weight is 339 g/mol. The normalized spacial score (nSPS) is 10.7. The number of carbonyl (C=O) groups is 1. The number of imidazole rings is 1. The molecular weight excluding hydrogens is 318 g/mol. The second-order valence-electron chi connectivity index (χ2n) is 5.57. The quantitative estimate of drug-likeness (QED) is 0.744. The molecule has 6 nitrogen and oxygen atoms in total. The van der Waals surface area contributed by atoms with Gasteiger partial charge in [0.1, 0.15) is 22.8 Å². The summed E-state index contributed by atoms with van der Waals surface area (Å²) in [7, 11) is 0. The molecule has 0 saturated carbocycles. The van der Waals surface area contributed by atoms with Crippen LogP contribution in [0.3, 0.4) is 0 Å². The monoisotopic (exact) mass is 339 g/mol. The number of benzene rings is 1. The van der Waals surface area contributed by atoms with Crippen LogP contribution >= 0.6 is 0 Å². The van der Waals surface area contributed by atoms with Crippen molar-refractivity contribution in [1.29, 1.82) is 0 Å². The van der Waals surface area contributed by atoms with E-state index in [1.54, 1.807) is 18.3 Å². The van der Waals surface area contributed by atoms with Crippen LogP contribution in [0, 0.1) is 6.92 Å². The Bertz CT molecular complexity index is 902. The van der Waals surface area contributed by atoms with Crippen LogP contribution in [0.4, 0.5) is 5.69 Å². The number of nitrogens with zero attached hydrogens (tertiary/aromatic N) is 2. The van der Waals surface area contributed by atoms with Gasteiger partial charge in [-0.1, -0.05) is 0 Å². The molecule has 130 valence electrons. The highest BCUT2D eigenvalue weighted by molar-refractivity contribution is 6.04. The van der Waals surface area contributed by atoms with Gasteiger partial charge in [-0.05, 0) is 50.6 Å². The Morgan fingerprint density at radius 3 is 2.72 bits per heavy atom. The van der Waals surface area contributed by atoms with Crippen LogP contribution in [0.25, 0.3) is 5.65 Å². The zero-order valence-corrected chi connectivity index (χ0v) is 14.6. The minimum absolute atomic E-state index is 0.295. The third kappa shape index (κ3) is 3.74. The summed E-state index contributed by atoms with van der Waals surface area (Å²) in [5.74, 6) is 0.974. The predicted molar refractivity (Wildman–Crippen MR) is 96.7 cm³/mol. The Kier molecular flexibility index (Phi) is 4.88. The lowest BCUT2D eigenvalue weighted by atomic mass is 10.2. The fourth-order valence-electron chi connectivity index (χ4n) is 2.52. The molecule has 0 saturated heterocycles. The molecule has 25 heavy (non-hydrogen) atoms. The SMILES string of the molecule is CCOc1ccc(OCC)c(NC(=O)c2cn3ccc(C)cc3n2)c1. The van der Waals surface area contributed by atoms with Gasteiger partial charge < -0.3 is 19.2 Å². The van der Waals surface area contributed by atoms with Crippen LogP contribution in [0.15, 0.2) is 42.7 Å². The predicted octanol–water partition coefficient (Wildman–Crippen LogP) is 3.69. The zero-order valence-electron chi connectivity index (χ0n) is 14.6. The topological polar surface area (TPSA) is 64.9 Å². The van der Waals surface area contributed by atoms with Crippen LogP contribution in [0.2, 0.25) is 0 Å². The largest absolute Gasteiger partial charge is 0.494 e. The summed E-state index contributed by atoms with van der Waals surface area (Å²) >= 11 is 0. The number of fused-ring (bicyclic) bond motifs is 1. The molecule has 2 aromatic heterocycles. The number of anilines is 1. The Balaban J connectivity index is 1.88. The summed E-state index contributed by atoms with van der Waals surface area (Å²) in [6.45, 7) is 6.85. The van der Waals surface area contributed by atoms with Crippen LogP contribution in [0.5, 0.6) is 11.5 Å². The number of pyridine rings is 1. The lowest BCUT2D eigenvalue weighted by Gasteiger charge is -2.13. The number of carbonyl (C=O) groups excluding carboxylic acids is 1. The smallest absolute Gasteiger partial charge is 0.275 e. The number of hydrogen-bond acceptors (Lipinski definition) is 4. The molecule has 0 radical (unpaired) electrons. The van der Waals surface area contributed by atoms with Gasteiger partial charge in [-0.2, -0.15) is 0 Å². The van der Waals surface area contributed by atoms with E-state index in [0.717, 1.165) is 11.2 Å². The van der Waals surface area contributed by atoms with Gasteiger partial charge in [-0.25, -0.2) is 4.98 Å². The van der Waals surface area contributed by atoms with Crippen LogP contribution < -0.4 is 14.8 Å². The van der Waals surface area contributed by atoms with Gasteiger partial charge in [0.25, 0.3) is 5.91 Å². The molecule has 0 spiro atoms. The second-order valence-corrected chi connectivity index (χ2v) is 5.57. The molecule has 6 heteroatoms. The number of rotatable bonds is 6. The summed E-state index contributed by atoms with van der Waals surface area (Å²) in [4.78, 5) is 17.0. The molecule has 0 bridgehead atoms. The molecule has 0 fully saturated rings. The molecule has 0 atom stereocenters. The Morgan fingerprint density at radius 2 is 1.96 bits per heavy atom. The summed E-state index contributed by atoms with van der Waals surface area (Å²) in [6, 6.07) is 9.26. The van der Waals surface area contributed by atoms with E-state index in [0.29, 0.717) is 36.1 Å². The van der Waals surface area contributed by atoms with E-state index in [-0.39, 0.29) is 5.91 Å². The highest BCUT2D eigenvalue weighted by Crippen LogP contribution is 2.30. The molecule has 3 aromatic rings. The molecule has 1 amide bonds. The zero-order chi connectivity index (χ0) is 17.8. The first-order valence-electron chi connectivity index (χ1n) is 8.27. The highest BCUT2D eigenvalue weighted by atomic mass is 16.5. The van der Waals surface area contributed by atoms with Gasteiger partial charge in [0, 0.05) is 18.5 Å². The summed E-state index contributed by atoms with van der Waals surface area (Å²) in [6.07, 6.45) is 3.59.